The van der Waals surface area contributed by atoms with Gasteiger partial charge < -0.3 is 25.0 Å². The van der Waals surface area contributed by atoms with Crippen molar-refractivity contribution in [2.75, 3.05) is 5.75 Å². The third-order valence-electron chi connectivity index (χ3n) is 7.70. The summed E-state index contributed by atoms with van der Waals surface area (Å²) in [4.78, 5) is 69.1. The summed E-state index contributed by atoms with van der Waals surface area (Å²) in [6.45, 7) is 8.76. The molecule has 4 rings (SSSR count). The number of carbonyl (C=O) groups excluding carboxylic acids is 5. The molecule has 254 valence electrons. The standard InChI is InChI=1S/C37H43N3O7S/c1-24(2)47-35(44)30(41)28(21-25-15-9-6-10-16-25)32(42)38-29-23-48-34(27-19-13-8-14-20-27)40(29)33(43)31(37(3,4)5)39-36(45)46-22-26-17-11-7-12-18-26/h6-20,24,28-29,31,34H,21-23H2,1-5H3,(H,38,42)(H,39,45)/t28-,29+,31+,34+/m0/s1. The van der Waals surface area contributed by atoms with Crippen molar-refractivity contribution in [3.63, 3.8) is 0 Å². The molecule has 0 aliphatic carbocycles. The lowest BCUT2D eigenvalue weighted by atomic mass is 9.85. The topological polar surface area (TPSA) is 131 Å². The van der Waals surface area contributed by atoms with Gasteiger partial charge in [-0.2, -0.15) is 0 Å². The summed E-state index contributed by atoms with van der Waals surface area (Å²) in [5, 5.41) is 5.16. The van der Waals surface area contributed by atoms with E-state index < -0.39 is 64.7 Å². The van der Waals surface area contributed by atoms with Crippen LogP contribution in [-0.4, -0.2) is 58.6 Å². The minimum atomic E-state index is -1.39. The predicted octanol–water partition coefficient (Wildman–Crippen LogP) is 5.42. The van der Waals surface area contributed by atoms with Gasteiger partial charge in [0.05, 0.1) is 6.10 Å². The van der Waals surface area contributed by atoms with E-state index in [9.17, 15) is 24.0 Å². The van der Waals surface area contributed by atoms with Crippen LogP contribution < -0.4 is 10.6 Å². The first kappa shape index (κ1) is 36.2. The molecule has 0 radical (unpaired) electrons. The second kappa shape index (κ2) is 16.5. The molecule has 0 aromatic heterocycles. The highest BCUT2D eigenvalue weighted by atomic mass is 32.2. The van der Waals surface area contributed by atoms with Crippen molar-refractivity contribution in [2.24, 2.45) is 11.3 Å². The Morgan fingerprint density at radius 3 is 1.98 bits per heavy atom. The fourth-order valence-corrected chi connectivity index (χ4v) is 6.64. The second-order valence-corrected chi connectivity index (χ2v) is 14.0. The van der Waals surface area contributed by atoms with E-state index in [4.69, 9.17) is 9.47 Å². The van der Waals surface area contributed by atoms with Gasteiger partial charge in [0.25, 0.3) is 5.78 Å². The smallest absolute Gasteiger partial charge is 0.408 e. The van der Waals surface area contributed by atoms with E-state index in [1.54, 1.807) is 43.0 Å². The van der Waals surface area contributed by atoms with Crippen molar-refractivity contribution in [2.45, 2.75) is 71.3 Å². The molecule has 0 unspecified atom stereocenters. The summed E-state index contributed by atoms with van der Waals surface area (Å²) in [5.74, 6) is -4.29. The fourth-order valence-electron chi connectivity index (χ4n) is 5.28. The minimum Gasteiger partial charge on any atom is -0.457 e. The summed E-state index contributed by atoms with van der Waals surface area (Å²) in [7, 11) is 0. The van der Waals surface area contributed by atoms with Gasteiger partial charge >= 0.3 is 12.1 Å². The van der Waals surface area contributed by atoms with Crippen LogP contribution in [0.4, 0.5) is 4.79 Å². The Morgan fingerprint density at radius 1 is 0.854 bits per heavy atom. The van der Waals surface area contributed by atoms with Crippen molar-refractivity contribution in [3.8, 4) is 0 Å². The van der Waals surface area contributed by atoms with Gasteiger partial charge in [-0.15, -0.1) is 11.8 Å². The molecule has 11 heteroatoms. The van der Waals surface area contributed by atoms with Crippen LogP contribution >= 0.6 is 11.8 Å². The Bertz CT molecular complexity index is 1560. The highest BCUT2D eigenvalue weighted by Gasteiger charge is 2.46. The van der Waals surface area contributed by atoms with Gasteiger partial charge in [-0.25, -0.2) is 9.59 Å². The Balaban J connectivity index is 1.61. The highest BCUT2D eigenvalue weighted by Crippen LogP contribution is 2.42. The maximum atomic E-state index is 14.6. The number of ketones is 1. The van der Waals surface area contributed by atoms with Crippen molar-refractivity contribution in [3.05, 3.63) is 108 Å². The maximum Gasteiger partial charge on any atom is 0.408 e. The van der Waals surface area contributed by atoms with E-state index >= 15 is 0 Å². The van der Waals surface area contributed by atoms with Gasteiger partial charge in [0.15, 0.2) is 0 Å². The molecule has 2 N–H and O–H groups in total. The molecule has 0 saturated carbocycles. The van der Waals surface area contributed by atoms with Crippen LogP contribution in [0.25, 0.3) is 0 Å². The monoisotopic (exact) mass is 673 g/mol. The normalized spacial score (nSPS) is 17.2. The van der Waals surface area contributed by atoms with E-state index in [-0.39, 0.29) is 13.0 Å². The quantitative estimate of drug-likeness (QED) is 0.148. The molecule has 0 spiro atoms. The predicted molar refractivity (Wildman–Crippen MR) is 183 cm³/mol. The molecule has 3 amide bonds. The van der Waals surface area contributed by atoms with Crippen LogP contribution in [0.15, 0.2) is 91.0 Å². The largest absolute Gasteiger partial charge is 0.457 e. The fraction of sp³-hybridized carbons (Fsp3) is 0.378. The molecular formula is C37H43N3O7S. The van der Waals surface area contributed by atoms with Gasteiger partial charge in [-0.1, -0.05) is 112 Å². The SMILES string of the molecule is CC(C)OC(=O)C(=O)[C@H](Cc1ccccc1)C(=O)N[C@H]1CS[C@H](c2ccccc2)N1C(=O)[C@@H](NC(=O)OCc1ccccc1)C(C)(C)C. The van der Waals surface area contributed by atoms with Crippen LogP contribution in [-0.2, 0) is 41.7 Å². The molecule has 4 atom stereocenters. The number of esters is 1. The van der Waals surface area contributed by atoms with Crippen molar-refractivity contribution in [1.29, 1.82) is 0 Å². The molecule has 1 aliphatic rings. The van der Waals surface area contributed by atoms with Crippen LogP contribution in [0.3, 0.4) is 0 Å². The lowest BCUT2D eigenvalue weighted by Crippen LogP contribution is -2.59. The van der Waals surface area contributed by atoms with Crippen LogP contribution in [0.2, 0.25) is 0 Å². The Hall–Kier alpha value is -4.64. The number of carbonyl (C=O) groups is 5. The third-order valence-corrected chi connectivity index (χ3v) is 9.02. The average Bonchev–Trinajstić information content (AvgIpc) is 3.48. The Morgan fingerprint density at radius 2 is 1.42 bits per heavy atom. The number of nitrogens with zero attached hydrogens (tertiary/aromatic N) is 1. The van der Waals surface area contributed by atoms with Crippen LogP contribution in [0.5, 0.6) is 0 Å². The zero-order valence-electron chi connectivity index (χ0n) is 27.9. The van der Waals surface area contributed by atoms with Crippen molar-refractivity contribution in [1.82, 2.24) is 15.5 Å². The first-order valence-electron chi connectivity index (χ1n) is 15.9. The van der Waals surface area contributed by atoms with E-state index in [1.807, 2.05) is 87.5 Å². The summed E-state index contributed by atoms with van der Waals surface area (Å²) in [5.41, 5.74) is 1.55. The number of hydrogen-bond donors (Lipinski definition) is 2. The Labute approximate surface area is 285 Å². The molecule has 1 heterocycles. The molecule has 48 heavy (non-hydrogen) atoms. The summed E-state index contributed by atoms with van der Waals surface area (Å²) >= 11 is 1.45. The number of Topliss-reactive ketones (excluding diaryl/α,β-unsaturated/α-hetero) is 1. The van der Waals surface area contributed by atoms with E-state index in [1.165, 1.54) is 11.8 Å². The molecule has 0 bridgehead atoms. The number of benzene rings is 3. The lowest BCUT2D eigenvalue weighted by Gasteiger charge is -2.38. The number of thioether (sulfide) groups is 1. The summed E-state index contributed by atoms with van der Waals surface area (Å²) < 4.78 is 10.6. The molecule has 1 fully saturated rings. The number of nitrogens with one attached hydrogen (secondary N) is 2. The zero-order chi connectivity index (χ0) is 34.8. The minimum absolute atomic E-state index is 0.0265. The van der Waals surface area contributed by atoms with Gasteiger partial charge in [0, 0.05) is 5.75 Å². The molecule has 1 saturated heterocycles. The number of rotatable bonds is 12. The van der Waals surface area contributed by atoms with Gasteiger partial charge in [-0.3, -0.25) is 14.4 Å². The number of ether oxygens (including phenoxy) is 2. The maximum absolute atomic E-state index is 14.6. The van der Waals surface area contributed by atoms with Gasteiger partial charge in [0.2, 0.25) is 11.8 Å². The van der Waals surface area contributed by atoms with Gasteiger partial charge in [-0.05, 0) is 42.4 Å². The number of alkyl carbamates (subject to hydrolysis) is 1. The Kier molecular flexibility index (Phi) is 12.4. The number of hydrogen-bond acceptors (Lipinski definition) is 8. The van der Waals surface area contributed by atoms with E-state index in [0.29, 0.717) is 11.3 Å². The summed E-state index contributed by atoms with van der Waals surface area (Å²) in [6.07, 6.45) is -2.20. The first-order valence-corrected chi connectivity index (χ1v) is 16.9. The average molecular weight is 674 g/mol. The third kappa shape index (κ3) is 9.70. The van der Waals surface area contributed by atoms with E-state index in [2.05, 4.69) is 10.6 Å². The van der Waals surface area contributed by atoms with Crippen molar-refractivity contribution < 1.29 is 33.4 Å². The summed E-state index contributed by atoms with van der Waals surface area (Å²) in [6, 6.07) is 26.4. The molecule has 10 nitrogen and oxygen atoms in total. The van der Waals surface area contributed by atoms with Gasteiger partial charge in [0.1, 0.15) is 30.1 Å². The van der Waals surface area contributed by atoms with Crippen molar-refractivity contribution >= 4 is 41.4 Å². The van der Waals surface area contributed by atoms with Crippen LogP contribution in [0, 0.1) is 11.3 Å². The first-order chi connectivity index (χ1) is 22.8. The van der Waals surface area contributed by atoms with Crippen LogP contribution in [0.1, 0.15) is 56.7 Å². The van der Waals surface area contributed by atoms with E-state index in [0.717, 1.165) is 11.1 Å². The lowest BCUT2D eigenvalue weighted by molar-refractivity contribution is -0.160. The zero-order valence-corrected chi connectivity index (χ0v) is 28.7. The molecule has 1 aliphatic heterocycles. The second-order valence-electron chi connectivity index (χ2n) is 12.9. The highest BCUT2D eigenvalue weighted by molar-refractivity contribution is 7.99. The molecular weight excluding hydrogens is 630 g/mol. The molecule has 3 aromatic carbocycles. The molecule has 3 aromatic rings. The number of amides is 3.